The lowest BCUT2D eigenvalue weighted by Crippen LogP contribution is -1.90. The molecule has 0 saturated carbocycles. The van der Waals surface area contributed by atoms with E-state index in [4.69, 9.17) is 0 Å². The number of hydrogen-bond acceptors (Lipinski definition) is 5. The first-order chi connectivity index (χ1) is 9.74. The van der Waals surface area contributed by atoms with E-state index in [1.54, 1.807) is 30.2 Å². The Bertz CT molecular complexity index is 722. The highest BCUT2D eigenvalue weighted by molar-refractivity contribution is 7.98. The first-order valence-corrected chi connectivity index (χ1v) is 7.76. The minimum Gasteiger partial charge on any atom is -0.312 e. The fraction of sp³-hybridized carbons (Fsp3) is 0.154. The van der Waals surface area contributed by atoms with Crippen molar-refractivity contribution in [3.05, 3.63) is 47.5 Å². The molecule has 0 saturated heterocycles. The third-order valence-corrected chi connectivity index (χ3v) is 4.67. The summed E-state index contributed by atoms with van der Waals surface area (Å²) in [6.07, 6.45) is 1.66. The Balaban J connectivity index is 1.74. The maximum Gasteiger partial charge on any atom is 0.191 e. The monoisotopic (exact) mass is 306 g/mol. The molecule has 20 heavy (non-hydrogen) atoms. The van der Waals surface area contributed by atoms with Gasteiger partial charge in [-0.3, -0.25) is 0 Å². The van der Waals surface area contributed by atoms with Gasteiger partial charge in [-0.2, -0.15) is 0 Å². The Labute approximate surface area is 123 Å². The molecule has 7 heteroatoms. The van der Waals surface area contributed by atoms with E-state index in [1.165, 1.54) is 17.4 Å². The van der Waals surface area contributed by atoms with Crippen LogP contribution in [0.3, 0.4) is 0 Å². The fourth-order valence-corrected chi connectivity index (χ4v) is 3.41. The molecule has 0 amide bonds. The molecule has 2 heterocycles. The van der Waals surface area contributed by atoms with E-state index in [0.29, 0.717) is 16.3 Å². The summed E-state index contributed by atoms with van der Waals surface area (Å²) in [6, 6.07) is 6.68. The number of rotatable bonds is 4. The van der Waals surface area contributed by atoms with Crippen LogP contribution < -0.4 is 0 Å². The molecular formula is C13H11FN4S2. The van der Waals surface area contributed by atoms with E-state index in [0.717, 1.165) is 10.9 Å². The van der Waals surface area contributed by atoms with Crippen molar-refractivity contribution in [1.82, 2.24) is 19.7 Å². The summed E-state index contributed by atoms with van der Waals surface area (Å²) in [6.45, 7) is 0. The molecule has 0 radical (unpaired) electrons. The van der Waals surface area contributed by atoms with Crippen molar-refractivity contribution in [2.24, 2.45) is 7.05 Å². The van der Waals surface area contributed by atoms with Gasteiger partial charge < -0.3 is 4.57 Å². The van der Waals surface area contributed by atoms with Crippen molar-refractivity contribution in [3.63, 3.8) is 0 Å². The number of thiazole rings is 1. The number of halogens is 1. The number of aryl methyl sites for hydroxylation is 1. The lowest BCUT2D eigenvalue weighted by molar-refractivity contribution is 0.631. The second-order valence-electron chi connectivity index (χ2n) is 4.14. The lowest BCUT2D eigenvalue weighted by Gasteiger charge is -1.98. The molecule has 3 rings (SSSR count). The van der Waals surface area contributed by atoms with Crippen LogP contribution in [0.4, 0.5) is 4.39 Å². The highest BCUT2D eigenvalue weighted by Crippen LogP contribution is 2.28. The van der Waals surface area contributed by atoms with E-state index in [9.17, 15) is 4.39 Å². The van der Waals surface area contributed by atoms with Gasteiger partial charge in [0.15, 0.2) is 5.16 Å². The SMILES string of the molecule is Cn1cnnc1SCc1csc(-c2ccccc2F)n1. The van der Waals surface area contributed by atoms with Crippen molar-refractivity contribution >= 4 is 23.1 Å². The topological polar surface area (TPSA) is 43.6 Å². The van der Waals surface area contributed by atoms with Crippen LogP contribution in [0, 0.1) is 5.82 Å². The van der Waals surface area contributed by atoms with E-state index < -0.39 is 0 Å². The van der Waals surface area contributed by atoms with Crippen LogP contribution in [0.15, 0.2) is 41.1 Å². The molecule has 0 atom stereocenters. The lowest BCUT2D eigenvalue weighted by atomic mass is 10.2. The maximum atomic E-state index is 13.7. The number of aromatic nitrogens is 4. The highest BCUT2D eigenvalue weighted by atomic mass is 32.2. The molecular weight excluding hydrogens is 295 g/mol. The van der Waals surface area contributed by atoms with Crippen LogP contribution in [0.1, 0.15) is 5.69 Å². The van der Waals surface area contributed by atoms with Gasteiger partial charge in [-0.1, -0.05) is 23.9 Å². The van der Waals surface area contributed by atoms with E-state index in [1.807, 2.05) is 23.1 Å². The predicted molar refractivity (Wildman–Crippen MR) is 78.1 cm³/mol. The van der Waals surface area contributed by atoms with Crippen LogP contribution in [0.5, 0.6) is 0 Å². The number of benzene rings is 1. The van der Waals surface area contributed by atoms with Gasteiger partial charge in [0.1, 0.15) is 17.2 Å². The summed E-state index contributed by atoms with van der Waals surface area (Å²) in [4.78, 5) is 4.47. The second kappa shape index (κ2) is 5.72. The molecule has 0 aliphatic rings. The number of nitrogens with zero attached hydrogens (tertiary/aromatic N) is 4. The average molecular weight is 306 g/mol. The van der Waals surface area contributed by atoms with Crippen molar-refractivity contribution in [2.45, 2.75) is 10.9 Å². The van der Waals surface area contributed by atoms with E-state index >= 15 is 0 Å². The molecule has 0 spiro atoms. The van der Waals surface area contributed by atoms with E-state index in [-0.39, 0.29) is 5.82 Å². The molecule has 3 aromatic rings. The predicted octanol–water partition coefficient (Wildman–Crippen LogP) is 3.37. The third kappa shape index (κ3) is 2.73. The van der Waals surface area contributed by atoms with Crippen molar-refractivity contribution in [1.29, 1.82) is 0 Å². The second-order valence-corrected chi connectivity index (χ2v) is 5.94. The van der Waals surface area contributed by atoms with Crippen LogP contribution in [-0.4, -0.2) is 19.7 Å². The van der Waals surface area contributed by atoms with Gasteiger partial charge in [-0.25, -0.2) is 9.37 Å². The summed E-state index contributed by atoms with van der Waals surface area (Å²) in [7, 11) is 1.90. The van der Waals surface area contributed by atoms with Gasteiger partial charge >= 0.3 is 0 Å². The van der Waals surface area contributed by atoms with Gasteiger partial charge in [0.25, 0.3) is 0 Å². The quantitative estimate of drug-likeness (QED) is 0.693. The largest absolute Gasteiger partial charge is 0.312 e. The Morgan fingerprint density at radius 3 is 2.95 bits per heavy atom. The first kappa shape index (κ1) is 13.3. The molecule has 102 valence electrons. The average Bonchev–Trinajstić information content (AvgIpc) is 3.06. The molecule has 2 aromatic heterocycles. The zero-order valence-electron chi connectivity index (χ0n) is 10.7. The Kier molecular flexibility index (Phi) is 3.79. The van der Waals surface area contributed by atoms with Crippen molar-refractivity contribution in [2.75, 3.05) is 0 Å². The van der Waals surface area contributed by atoms with Crippen LogP contribution in [-0.2, 0) is 12.8 Å². The van der Waals surface area contributed by atoms with Gasteiger partial charge in [-0.05, 0) is 12.1 Å². The summed E-state index contributed by atoms with van der Waals surface area (Å²) >= 11 is 3.01. The molecule has 0 N–H and O–H groups in total. The van der Waals surface area contributed by atoms with E-state index in [2.05, 4.69) is 15.2 Å². The minimum absolute atomic E-state index is 0.241. The van der Waals surface area contributed by atoms with Gasteiger partial charge in [-0.15, -0.1) is 21.5 Å². The molecule has 0 unspecified atom stereocenters. The van der Waals surface area contributed by atoms with Gasteiger partial charge in [0.05, 0.1) is 5.69 Å². The summed E-state index contributed by atoms with van der Waals surface area (Å²) in [5.74, 6) is 0.451. The molecule has 0 bridgehead atoms. The normalized spacial score (nSPS) is 10.9. The fourth-order valence-electron chi connectivity index (χ4n) is 1.67. The third-order valence-electron chi connectivity index (χ3n) is 2.68. The van der Waals surface area contributed by atoms with Gasteiger partial charge in [0.2, 0.25) is 0 Å². The minimum atomic E-state index is -0.241. The van der Waals surface area contributed by atoms with Crippen LogP contribution in [0.2, 0.25) is 0 Å². The zero-order valence-corrected chi connectivity index (χ0v) is 12.3. The molecule has 0 aliphatic heterocycles. The Morgan fingerprint density at radius 1 is 1.35 bits per heavy atom. The highest BCUT2D eigenvalue weighted by Gasteiger charge is 2.10. The molecule has 0 fully saturated rings. The van der Waals surface area contributed by atoms with Crippen LogP contribution in [0.25, 0.3) is 10.6 Å². The molecule has 0 aliphatic carbocycles. The Hall–Kier alpha value is -1.73. The molecule has 4 nitrogen and oxygen atoms in total. The van der Waals surface area contributed by atoms with Gasteiger partial charge in [0, 0.05) is 23.7 Å². The summed E-state index contributed by atoms with van der Waals surface area (Å²) in [5.41, 5.74) is 1.47. The van der Waals surface area contributed by atoms with Crippen molar-refractivity contribution < 1.29 is 4.39 Å². The number of hydrogen-bond donors (Lipinski definition) is 0. The molecule has 1 aromatic carbocycles. The standard InChI is InChI=1S/C13H11FN4S2/c1-18-8-15-17-13(18)20-7-9-6-19-12(16-9)10-4-2-3-5-11(10)14/h2-6,8H,7H2,1H3. The zero-order chi connectivity index (χ0) is 13.9. The number of thioether (sulfide) groups is 1. The Morgan fingerprint density at radius 2 is 2.20 bits per heavy atom. The maximum absolute atomic E-state index is 13.7. The van der Waals surface area contributed by atoms with Crippen LogP contribution >= 0.6 is 23.1 Å². The smallest absolute Gasteiger partial charge is 0.191 e. The first-order valence-electron chi connectivity index (χ1n) is 5.90. The summed E-state index contributed by atoms with van der Waals surface area (Å²) in [5, 5.41) is 11.3. The summed E-state index contributed by atoms with van der Waals surface area (Å²) < 4.78 is 15.5. The van der Waals surface area contributed by atoms with Crippen molar-refractivity contribution in [3.8, 4) is 10.6 Å².